The Morgan fingerprint density at radius 3 is 2.52 bits per heavy atom. The lowest BCUT2D eigenvalue weighted by Gasteiger charge is -2.26. The molecule has 0 aromatic carbocycles. The second-order valence-electron chi connectivity index (χ2n) is 5.41. The van der Waals surface area contributed by atoms with E-state index in [-0.39, 0.29) is 11.9 Å². The molecule has 118 valence electrons. The highest BCUT2D eigenvalue weighted by Crippen LogP contribution is 2.31. The first-order valence-electron chi connectivity index (χ1n) is 7.34. The minimum Gasteiger partial charge on any atom is -0.370 e. The number of rotatable bonds is 5. The molecule has 0 bridgehead atoms. The summed E-state index contributed by atoms with van der Waals surface area (Å²) in [6, 6.07) is 1.86. The summed E-state index contributed by atoms with van der Waals surface area (Å²) >= 11 is 0. The summed E-state index contributed by atoms with van der Waals surface area (Å²) in [4.78, 5) is 9.13. The van der Waals surface area contributed by atoms with Gasteiger partial charge in [-0.25, -0.2) is 9.97 Å². The Bertz CT molecular complexity index is 470. The second kappa shape index (κ2) is 6.49. The Balaban J connectivity index is 2.29. The zero-order valence-corrected chi connectivity index (χ0v) is 12.4. The summed E-state index contributed by atoms with van der Waals surface area (Å²) in [5, 5.41) is 2.91. The Morgan fingerprint density at radius 1 is 1.29 bits per heavy atom. The summed E-state index contributed by atoms with van der Waals surface area (Å²) in [5.74, 6) is -0.509. The van der Waals surface area contributed by atoms with Crippen molar-refractivity contribution in [1.29, 1.82) is 0 Å². The highest BCUT2D eigenvalue weighted by Gasteiger charge is 2.36. The van der Waals surface area contributed by atoms with Crippen molar-refractivity contribution < 1.29 is 13.2 Å². The minimum atomic E-state index is -4.53. The van der Waals surface area contributed by atoms with E-state index in [2.05, 4.69) is 15.3 Å². The molecule has 1 fully saturated rings. The van der Waals surface area contributed by atoms with Gasteiger partial charge in [0.2, 0.25) is 5.82 Å². The van der Waals surface area contributed by atoms with Crippen LogP contribution in [0.25, 0.3) is 0 Å². The number of alkyl halides is 3. The van der Waals surface area contributed by atoms with Crippen molar-refractivity contribution in [2.45, 2.75) is 51.2 Å². The van der Waals surface area contributed by atoms with Crippen LogP contribution >= 0.6 is 0 Å². The van der Waals surface area contributed by atoms with Gasteiger partial charge in [0, 0.05) is 25.7 Å². The molecule has 0 amide bonds. The molecule has 1 aliphatic rings. The van der Waals surface area contributed by atoms with Crippen LogP contribution in [0.4, 0.5) is 24.8 Å². The van der Waals surface area contributed by atoms with Crippen LogP contribution in [0.1, 0.15) is 44.9 Å². The van der Waals surface area contributed by atoms with Gasteiger partial charge in [-0.2, -0.15) is 13.2 Å². The zero-order valence-electron chi connectivity index (χ0n) is 12.4. The van der Waals surface area contributed by atoms with E-state index in [4.69, 9.17) is 0 Å². The third-order valence-corrected chi connectivity index (χ3v) is 3.76. The first-order chi connectivity index (χ1) is 9.91. The molecule has 0 aliphatic heterocycles. The molecule has 2 rings (SSSR count). The van der Waals surface area contributed by atoms with Gasteiger partial charge >= 0.3 is 6.18 Å². The first-order valence-corrected chi connectivity index (χ1v) is 7.34. The Labute approximate surface area is 122 Å². The summed E-state index contributed by atoms with van der Waals surface area (Å²) in [5.41, 5.74) is 0. The summed E-state index contributed by atoms with van der Waals surface area (Å²) in [6.07, 6.45) is 0.522. The van der Waals surface area contributed by atoms with Gasteiger partial charge in [-0.15, -0.1) is 0 Å². The molecule has 0 unspecified atom stereocenters. The molecule has 21 heavy (non-hydrogen) atoms. The molecule has 0 saturated heterocycles. The highest BCUT2D eigenvalue weighted by atomic mass is 19.4. The van der Waals surface area contributed by atoms with Gasteiger partial charge < -0.3 is 10.2 Å². The van der Waals surface area contributed by atoms with Crippen LogP contribution in [-0.2, 0) is 6.18 Å². The predicted octanol–water partition coefficient (Wildman–Crippen LogP) is 3.70. The summed E-state index contributed by atoms with van der Waals surface area (Å²) in [7, 11) is 1.81. The van der Waals surface area contributed by atoms with Crippen LogP contribution in [0, 0.1) is 0 Å². The van der Waals surface area contributed by atoms with Gasteiger partial charge in [0.1, 0.15) is 11.6 Å². The van der Waals surface area contributed by atoms with Gasteiger partial charge in [0.25, 0.3) is 0 Å². The van der Waals surface area contributed by atoms with Crippen LogP contribution in [0.3, 0.4) is 0 Å². The number of hydrogen-bond acceptors (Lipinski definition) is 4. The van der Waals surface area contributed by atoms with Gasteiger partial charge in [0.05, 0.1) is 0 Å². The monoisotopic (exact) mass is 302 g/mol. The smallest absolute Gasteiger partial charge is 0.370 e. The van der Waals surface area contributed by atoms with E-state index in [1.165, 1.54) is 0 Å². The van der Waals surface area contributed by atoms with Gasteiger partial charge in [0.15, 0.2) is 0 Å². The fraction of sp³-hybridized carbons (Fsp3) is 0.714. The zero-order chi connectivity index (χ0) is 15.5. The number of halogens is 3. The average molecular weight is 302 g/mol. The molecule has 0 radical (unpaired) electrons. The molecular formula is C14H21F3N4. The van der Waals surface area contributed by atoms with Crippen molar-refractivity contribution in [2.24, 2.45) is 0 Å². The molecule has 1 N–H and O–H groups in total. The fourth-order valence-electron chi connectivity index (χ4n) is 2.56. The van der Waals surface area contributed by atoms with Crippen molar-refractivity contribution in [1.82, 2.24) is 9.97 Å². The largest absolute Gasteiger partial charge is 0.451 e. The van der Waals surface area contributed by atoms with Crippen molar-refractivity contribution in [3.05, 3.63) is 11.9 Å². The summed E-state index contributed by atoms with van der Waals surface area (Å²) in [6.45, 7) is 2.53. The average Bonchev–Trinajstić information content (AvgIpc) is 2.97. The second-order valence-corrected chi connectivity index (χ2v) is 5.41. The number of nitrogens with zero attached hydrogens (tertiary/aromatic N) is 3. The van der Waals surface area contributed by atoms with E-state index in [9.17, 15) is 13.2 Å². The Morgan fingerprint density at radius 2 is 1.95 bits per heavy atom. The van der Waals surface area contributed by atoms with E-state index >= 15 is 0 Å². The molecule has 0 atom stereocenters. The quantitative estimate of drug-likeness (QED) is 0.900. The maximum absolute atomic E-state index is 12.9. The maximum atomic E-state index is 12.9. The van der Waals surface area contributed by atoms with Crippen molar-refractivity contribution in [3.63, 3.8) is 0 Å². The first kappa shape index (κ1) is 15.9. The molecule has 7 heteroatoms. The van der Waals surface area contributed by atoms with Gasteiger partial charge in [-0.3, -0.25) is 0 Å². The lowest BCUT2D eigenvalue weighted by atomic mass is 10.2. The fourth-order valence-corrected chi connectivity index (χ4v) is 2.56. The van der Waals surface area contributed by atoms with Crippen LogP contribution in [0.5, 0.6) is 0 Å². The molecule has 1 aliphatic carbocycles. The van der Waals surface area contributed by atoms with E-state index < -0.39 is 12.0 Å². The summed E-state index contributed by atoms with van der Waals surface area (Å²) < 4.78 is 38.8. The third-order valence-electron chi connectivity index (χ3n) is 3.76. The number of hydrogen-bond donors (Lipinski definition) is 1. The van der Waals surface area contributed by atoms with Crippen molar-refractivity contribution >= 4 is 11.6 Å². The molecular weight excluding hydrogens is 281 g/mol. The van der Waals surface area contributed by atoms with Crippen molar-refractivity contribution in [2.75, 3.05) is 23.8 Å². The van der Waals surface area contributed by atoms with E-state index in [0.717, 1.165) is 32.1 Å². The topological polar surface area (TPSA) is 41.0 Å². The normalized spacial score (nSPS) is 16.2. The number of nitrogens with one attached hydrogen (secondary N) is 1. The van der Waals surface area contributed by atoms with E-state index in [1.54, 1.807) is 6.07 Å². The molecule has 1 heterocycles. The molecule has 1 saturated carbocycles. The number of anilines is 2. The van der Waals surface area contributed by atoms with Gasteiger partial charge in [-0.05, 0) is 19.3 Å². The number of aromatic nitrogens is 2. The minimum absolute atomic E-state index is 0.235. The van der Waals surface area contributed by atoms with Crippen LogP contribution < -0.4 is 10.2 Å². The molecule has 1 aromatic rings. The van der Waals surface area contributed by atoms with Gasteiger partial charge in [-0.1, -0.05) is 19.8 Å². The molecule has 1 aromatic heterocycles. The Hall–Kier alpha value is -1.53. The molecule has 4 nitrogen and oxygen atoms in total. The highest BCUT2D eigenvalue weighted by molar-refractivity contribution is 5.50. The van der Waals surface area contributed by atoms with Crippen LogP contribution in [0.2, 0.25) is 0 Å². The predicted molar refractivity (Wildman–Crippen MR) is 76.5 cm³/mol. The van der Waals surface area contributed by atoms with Crippen molar-refractivity contribution in [3.8, 4) is 0 Å². The third kappa shape index (κ3) is 3.98. The lowest BCUT2D eigenvalue weighted by Crippen LogP contribution is -2.30. The van der Waals surface area contributed by atoms with E-state index in [0.29, 0.717) is 12.4 Å². The SMILES string of the molecule is CCCNc1cc(N(C)C2CCCC2)nc(C(F)(F)F)n1. The molecule has 0 spiro atoms. The van der Waals surface area contributed by atoms with Crippen LogP contribution in [0.15, 0.2) is 6.07 Å². The van der Waals surface area contributed by atoms with E-state index in [1.807, 2.05) is 18.9 Å². The Kier molecular flexibility index (Phi) is 4.90. The maximum Gasteiger partial charge on any atom is 0.451 e. The van der Waals surface area contributed by atoms with Crippen LogP contribution in [-0.4, -0.2) is 29.6 Å². The standard InChI is InChI=1S/C14H21F3N4/c1-3-8-18-11-9-12(20-13(19-11)14(15,16)17)21(2)10-6-4-5-7-10/h9-10H,3-8H2,1-2H3,(H,18,19,20). The lowest BCUT2D eigenvalue weighted by molar-refractivity contribution is -0.144.